The van der Waals surface area contributed by atoms with E-state index in [9.17, 15) is 5.11 Å². The second-order valence-corrected chi connectivity index (χ2v) is 4.91. The minimum Gasteiger partial charge on any atom is -0.388 e. The summed E-state index contributed by atoms with van der Waals surface area (Å²) in [6.45, 7) is 4.63. The van der Waals surface area contributed by atoms with Crippen molar-refractivity contribution in [1.29, 1.82) is 0 Å². The van der Waals surface area contributed by atoms with Crippen molar-refractivity contribution in [2.75, 3.05) is 13.2 Å². The number of aliphatic hydroxyl groups is 1. The van der Waals surface area contributed by atoms with E-state index in [-0.39, 0.29) is 12.2 Å². The normalized spacial score (nSPS) is 28.3. The molecule has 16 heavy (non-hydrogen) atoms. The summed E-state index contributed by atoms with van der Waals surface area (Å²) >= 11 is 0. The molecule has 0 amide bonds. The van der Waals surface area contributed by atoms with Crippen LogP contribution in [-0.4, -0.2) is 42.7 Å². The maximum absolute atomic E-state index is 9.61. The van der Waals surface area contributed by atoms with E-state index in [2.05, 4.69) is 0 Å². The maximum atomic E-state index is 9.61. The van der Waals surface area contributed by atoms with Gasteiger partial charge in [0.1, 0.15) is 6.10 Å². The molecule has 0 radical (unpaired) electrons. The van der Waals surface area contributed by atoms with E-state index in [4.69, 9.17) is 15.2 Å². The Bertz CT molecular complexity index is 179. The van der Waals surface area contributed by atoms with E-state index in [0.717, 1.165) is 25.7 Å². The summed E-state index contributed by atoms with van der Waals surface area (Å²) in [5, 5.41) is 9.61. The van der Waals surface area contributed by atoms with Gasteiger partial charge in [-0.1, -0.05) is 0 Å². The molecule has 1 aliphatic rings. The predicted molar refractivity (Wildman–Crippen MR) is 63.3 cm³/mol. The number of aliphatic hydroxyl groups excluding tert-OH is 1. The molecule has 0 saturated heterocycles. The lowest BCUT2D eigenvalue weighted by Gasteiger charge is -2.27. The van der Waals surface area contributed by atoms with E-state index in [0.29, 0.717) is 19.3 Å². The molecule has 1 rings (SSSR count). The standard InChI is InChI=1S/C12H25NO3/c1-9(2)15-7-11(14)8-16-12-5-3-10(13)4-6-12/h9-12,14H,3-8,13H2,1-2H3. The Labute approximate surface area is 98.1 Å². The van der Waals surface area contributed by atoms with Crippen molar-refractivity contribution in [1.82, 2.24) is 0 Å². The second-order valence-electron chi connectivity index (χ2n) is 4.91. The highest BCUT2D eigenvalue weighted by molar-refractivity contribution is 4.74. The quantitative estimate of drug-likeness (QED) is 0.717. The lowest BCUT2D eigenvalue weighted by molar-refractivity contribution is -0.0633. The minimum absolute atomic E-state index is 0.155. The van der Waals surface area contributed by atoms with Crippen LogP contribution in [0.3, 0.4) is 0 Å². The lowest BCUT2D eigenvalue weighted by Crippen LogP contribution is -2.33. The topological polar surface area (TPSA) is 64.7 Å². The first-order chi connectivity index (χ1) is 7.58. The molecule has 0 aromatic carbocycles. The van der Waals surface area contributed by atoms with Gasteiger partial charge in [-0.05, 0) is 39.5 Å². The van der Waals surface area contributed by atoms with Gasteiger partial charge < -0.3 is 20.3 Å². The number of hydrogen-bond donors (Lipinski definition) is 2. The molecule has 4 heteroatoms. The van der Waals surface area contributed by atoms with Crippen molar-refractivity contribution in [3.63, 3.8) is 0 Å². The fraction of sp³-hybridized carbons (Fsp3) is 1.00. The number of ether oxygens (including phenoxy) is 2. The molecule has 1 saturated carbocycles. The summed E-state index contributed by atoms with van der Waals surface area (Å²) < 4.78 is 11.0. The van der Waals surface area contributed by atoms with Gasteiger partial charge in [-0.2, -0.15) is 0 Å². The molecule has 3 N–H and O–H groups in total. The Kier molecular flexibility index (Phi) is 6.28. The molecule has 96 valence electrons. The first-order valence-electron chi connectivity index (χ1n) is 6.24. The molecule has 0 heterocycles. The van der Waals surface area contributed by atoms with Crippen molar-refractivity contribution in [2.45, 2.75) is 63.9 Å². The van der Waals surface area contributed by atoms with Crippen LogP contribution in [0.1, 0.15) is 39.5 Å². The van der Waals surface area contributed by atoms with Crippen LogP contribution in [0, 0.1) is 0 Å². The Morgan fingerprint density at radius 1 is 1.19 bits per heavy atom. The van der Waals surface area contributed by atoms with Crippen LogP contribution in [0.4, 0.5) is 0 Å². The SMILES string of the molecule is CC(C)OCC(O)COC1CCC(N)CC1. The minimum atomic E-state index is -0.516. The van der Waals surface area contributed by atoms with Crippen LogP contribution in [0.15, 0.2) is 0 Å². The van der Waals surface area contributed by atoms with Gasteiger partial charge in [0.2, 0.25) is 0 Å². The van der Waals surface area contributed by atoms with E-state index >= 15 is 0 Å². The molecule has 0 aromatic heterocycles. The molecule has 0 bridgehead atoms. The Balaban J connectivity index is 2.05. The van der Waals surface area contributed by atoms with Crippen molar-refractivity contribution in [3.8, 4) is 0 Å². The lowest BCUT2D eigenvalue weighted by atomic mass is 9.94. The summed E-state index contributed by atoms with van der Waals surface area (Å²) in [5.41, 5.74) is 5.81. The second kappa shape index (κ2) is 7.22. The molecular weight excluding hydrogens is 206 g/mol. The fourth-order valence-electron chi connectivity index (χ4n) is 1.85. The highest BCUT2D eigenvalue weighted by Crippen LogP contribution is 2.19. The van der Waals surface area contributed by atoms with Gasteiger partial charge in [0.15, 0.2) is 0 Å². The third-order valence-electron chi connectivity index (χ3n) is 2.87. The van der Waals surface area contributed by atoms with Gasteiger partial charge >= 0.3 is 0 Å². The van der Waals surface area contributed by atoms with E-state index < -0.39 is 6.10 Å². The molecule has 0 spiro atoms. The Morgan fingerprint density at radius 3 is 2.38 bits per heavy atom. The first kappa shape index (κ1) is 13.9. The van der Waals surface area contributed by atoms with Gasteiger partial charge in [-0.3, -0.25) is 0 Å². The zero-order valence-electron chi connectivity index (χ0n) is 10.4. The van der Waals surface area contributed by atoms with Crippen molar-refractivity contribution in [2.24, 2.45) is 5.73 Å². The Hall–Kier alpha value is -0.160. The zero-order chi connectivity index (χ0) is 12.0. The van der Waals surface area contributed by atoms with Crippen LogP contribution < -0.4 is 5.73 Å². The summed E-state index contributed by atoms with van der Waals surface area (Å²) in [6.07, 6.45) is 4.00. The Morgan fingerprint density at radius 2 is 1.81 bits per heavy atom. The van der Waals surface area contributed by atoms with Gasteiger partial charge in [-0.25, -0.2) is 0 Å². The zero-order valence-corrected chi connectivity index (χ0v) is 10.4. The van der Waals surface area contributed by atoms with Crippen LogP contribution in [0.5, 0.6) is 0 Å². The molecule has 1 aliphatic carbocycles. The van der Waals surface area contributed by atoms with Crippen LogP contribution in [0.2, 0.25) is 0 Å². The maximum Gasteiger partial charge on any atom is 0.101 e. The fourth-order valence-corrected chi connectivity index (χ4v) is 1.85. The monoisotopic (exact) mass is 231 g/mol. The van der Waals surface area contributed by atoms with Crippen LogP contribution in [-0.2, 0) is 9.47 Å². The molecule has 4 nitrogen and oxygen atoms in total. The van der Waals surface area contributed by atoms with E-state index in [1.807, 2.05) is 13.8 Å². The van der Waals surface area contributed by atoms with Crippen LogP contribution in [0.25, 0.3) is 0 Å². The summed E-state index contributed by atoms with van der Waals surface area (Å²) in [5.74, 6) is 0. The molecule has 0 aromatic rings. The molecule has 0 aliphatic heterocycles. The third kappa shape index (κ3) is 5.80. The van der Waals surface area contributed by atoms with Gasteiger partial charge in [0.25, 0.3) is 0 Å². The van der Waals surface area contributed by atoms with Crippen molar-refractivity contribution in [3.05, 3.63) is 0 Å². The third-order valence-corrected chi connectivity index (χ3v) is 2.87. The van der Waals surface area contributed by atoms with E-state index in [1.165, 1.54) is 0 Å². The average Bonchev–Trinajstić information content (AvgIpc) is 2.25. The molecular formula is C12H25NO3. The number of nitrogens with two attached hydrogens (primary N) is 1. The summed E-state index contributed by atoms with van der Waals surface area (Å²) in [7, 11) is 0. The van der Waals surface area contributed by atoms with Gasteiger partial charge in [0.05, 0.1) is 25.4 Å². The summed E-state index contributed by atoms with van der Waals surface area (Å²) in [4.78, 5) is 0. The molecule has 1 atom stereocenters. The highest BCUT2D eigenvalue weighted by Gasteiger charge is 2.19. The molecule has 1 unspecified atom stereocenters. The predicted octanol–water partition coefficient (Wildman–Crippen LogP) is 1.06. The van der Waals surface area contributed by atoms with E-state index in [1.54, 1.807) is 0 Å². The average molecular weight is 231 g/mol. The highest BCUT2D eigenvalue weighted by atomic mass is 16.5. The van der Waals surface area contributed by atoms with Crippen molar-refractivity contribution < 1.29 is 14.6 Å². The first-order valence-corrected chi connectivity index (χ1v) is 6.24. The number of rotatable bonds is 6. The van der Waals surface area contributed by atoms with Gasteiger partial charge in [-0.15, -0.1) is 0 Å². The summed E-state index contributed by atoms with van der Waals surface area (Å²) in [6, 6.07) is 0.342. The van der Waals surface area contributed by atoms with Gasteiger partial charge in [0, 0.05) is 6.04 Å². The number of hydrogen-bond acceptors (Lipinski definition) is 4. The smallest absolute Gasteiger partial charge is 0.101 e. The van der Waals surface area contributed by atoms with Crippen molar-refractivity contribution >= 4 is 0 Å². The van der Waals surface area contributed by atoms with Crippen LogP contribution >= 0.6 is 0 Å². The largest absolute Gasteiger partial charge is 0.388 e. The molecule has 1 fully saturated rings.